The molecule has 0 radical (unpaired) electrons. The number of nitrogens with one attached hydrogen (secondary N) is 2. The number of sulfonamides is 1. The molecular formula is C22H24BN5O6S. The minimum atomic E-state index is -4.25. The molecule has 4 rings (SSSR count). The molecular weight excluding hydrogens is 473 g/mol. The number of allylic oxidation sites excluding steroid dienone is 1. The molecule has 182 valence electrons. The van der Waals surface area contributed by atoms with Gasteiger partial charge in [-0.05, 0) is 48.1 Å². The lowest BCUT2D eigenvalue weighted by atomic mass is 9.92. The van der Waals surface area contributed by atoms with E-state index < -0.39 is 23.2 Å². The van der Waals surface area contributed by atoms with Crippen LogP contribution >= 0.6 is 0 Å². The first-order chi connectivity index (χ1) is 16.8. The van der Waals surface area contributed by atoms with Crippen LogP contribution in [0.3, 0.4) is 0 Å². The van der Waals surface area contributed by atoms with Gasteiger partial charge in [0.25, 0.3) is 10.0 Å². The molecule has 0 bridgehead atoms. The van der Waals surface area contributed by atoms with Gasteiger partial charge in [0.1, 0.15) is 0 Å². The first kappa shape index (κ1) is 24.4. The van der Waals surface area contributed by atoms with E-state index in [0.29, 0.717) is 11.6 Å². The van der Waals surface area contributed by atoms with Crippen molar-refractivity contribution in [1.29, 1.82) is 0 Å². The van der Waals surface area contributed by atoms with Crippen molar-refractivity contribution < 1.29 is 28.0 Å². The molecule has 0 unspecified atom stereocenters. The number of anilines is 1. The molecule has 0 aliphatic heterocycles. The Morgan fingerprint density at radius 2 is 2.09 bits per heavy atom. The van der Waals surface area contributed by atoms with E-state index >= 15 is 0 Å². The van der Waals surface area contributed by atoms with Gasteiger partial charge >= 0.3 is 13.1 Å². The Kier molecular flexibility index (Phi) is 7.19. The van der Waals surface area contributed by atoms with Gasteiger partial charge in [0.05, 0.1) is 19.3 Å². The molecule has 3 aromatic rings. The monoisotopic (exact) mass is 497 g/mol. The van der Waals surface area contributed by atoms with Crippen molar-refractivity contribution in [3.05, 3.63) is 65.9 Å². The van der Waals surface area contributed by atoms with Gasteiger partial charge in [0.2, 0.25) is 5.88 Å². The summed E-state index contributed by atoms with van der Waals surface area (Å²) >= 11 is 0. The van der Waals surface area contributed by atoms with Crippen LogP contribution in [-0.4, -0.2) is 53.5 Å². The molecule has 0 saturated heterocycles. The van der Waals surface area contributed by atoms with Crippen LogP contribution in [0.5, 0.6) is 5.88 Å². The van der Waals surface area contributed by atoms with E-state index in [2.05, 4.69) is 15.4 Å². The lowest BCUT2D eigenvalue weighted by Gasteiger charge is -2.17. The third kappa shape index (κ3) is 5.70. The van der Waals surface area contributed by atoms with Gasteiger partial charge in [-0.2, -0.15) is 13.5 Å². The van der Waals surface area contributed by atoms with E-state index in [1.807, 2.05) is 16.9 Å². The molecule has 0 saturated carbocycles. The number of amides is 2. The molecule has 2 aromatic heterocycles. The van der Waals surface area contributed by atoms with Crippen LogP contribution in [0.2, 0.25) is 0 Å². The van der Waals surface area contributed by atoms with Gasteiger partial charge in [-0.1, -0.05) is 24.2 Å². The largest absolute Gasteiger partial charge is 0.481 e. The Balaban J connectivity index is 1.56. The Morgan fingerprint density at radius 1 is 1.26 bits per heavy atom. The third-order valence-corrected chi connectivity index (χ3v) is 6.72. The van der Waals surface area contributed by atoms with Crippen LogP contribution in [0.15, 0.2) is 59.8 Å². The summed E-state index contributed by atoms with van der Waals surface area (Å²) < 4.78 is 34.0. The van der Waals surface area contributed by atoms with Gasteiger partial charge in [0, 0.05) is 24.0 Å². The molecule has 1 aliphatic rings. The number of carbonyl (C=O) groups excluding carboxylic acids is 1. The summed E-state index contributed by atoms with van der Waals surface area (Å²) in [6.07, 6.45) is 6.99. The standard InChI is InChI=1S/C22H24BN5O6S/c1-34-19-14-16(8-11-24-19)18-7-6-15-4-2-5-17(15)21(18)25-22(29)27-35(32,33)20-9-13-28(26-20)12-3-10-23(30)31/h3,6-11,13-14,30-31H,2,4-5,12H2,1H3,(H2,25,27,29)/b10-3+. The number of aryl methyl sites for hydroxylation is 1. The zero-order valence-electron chi connectivity index (χ0n) is 18.9. The smallest absolute Gasteiger partial charge is 0.480 e. The predicted molar refractivity (Wildman–Crippen MR) is 129 cm³/mol. The molecule has 4 N–H and O–H groups in total. The van der Waals surface area contributed by atoms with Crippen LogP contribution in [0, 0.1) is 0 Å². The highest BCUT2D eigenvalue weighted by molar-refractivity contribution is 7.90. The number of rotatable bonds is 8. The van der Waals surface area contributed by atoms with Crippen molar-refractivity contribution in [1.82, 2.24) is 19.5 Å². The molecule has 11 nitrogen and oxygen atoms in total. The Morgan fingerprint density at radius 3 is 2.86 bits per heavy atom. The van der Waals surface area contributed by atoms with Crippen LogP contribution < -0.4 is 14.8 Å². The second-order valence-corrected chi connectivity index (χ2v) is 9.47. The maximum Gasteiger partial charge on any atom is 0.480 e. The summed E-state index contributed by atoms with van der Waals surface area (Å²) in [6, 6.07) is 7.77. The van der Waals surface area contributed by atoms with Gasteiger partial charge in [-0.25, -0.2) is 14.5 Å². The van der Waals surface area contributed by atoms with Gasteiger partial charge in [-0.15, -0.1) is 0 Å². The first-order valence-corrected chi connectivity index (χ1v) is 12.3. The highest BCUT2D eigenvalue weighted by Gasteiger charge is 2.24. The van der Waals surface area contributed by atoms with Crippen LogP contribution in [0.1, 0.15) is 17.5 Å². The fourth-order valence-corrected chi connectivity index (χ4v) is 4.78. The quantitative estimate of drug-likeness (QED) is 0.342. The molecule has 0 spiro atoms. The molecule has 0 fully saturated rings. The van der Waals surface area contributed by atoms with Crippen molar-refractivity contribution in [2.75, 3.05) is 12.4 Å². The van der Waals surface area contributed by atoms with Crippen molar-refractivity contribution in [2.45, 2.75) is 30.8 Å². The Labute approximate surface area is 202 Å². The maximum atomic E-state index is 12.8. The number of nitrogens with zero attached hydrogens (tertiary/aromatic N) is 3. The van der Waals surface area contributed by atoms with Crippen LogP contribution in [0.4, 0.5) is 10.5 Å². The average molecular weight is 497 g/mol. The fourth-order valence-electron chi connectivity index (χ4n) is 3.93. The number of hydrogen-bond donors (Lipinski definition) is 4. The first-order valence-electron chi connectivity index (χ1n) is 10.8. The molecule has 13 heteroatoms. The highest BCUT2D eigenvalue weighted by atomic mass is 32.2. The van der Waals surface area contributed by atoms with E-state index in [1.54, 1.807) is 18.3 Å². The lowest BCUT2D eigenvalue weighted by Crippen LogP contribution is -2.35. The van der Waals surface area contributed by atoms with Crippen molar-refractivity contribution >= 4 is 28.9 Å². The summed E-state index contributed by atoms with van der Waals surface area (Å²) in [6.45, 7) is 0.119. The van der Waals surface area contributed by atoms with Crippen LogP contribution in [-0.2, 0) is 29.4 Å². The number of aromatic nitrogens is 3. The van der Waals surface area contributed by atoms with E-state index in [-0.39, 0.29) is 11.6 Å². The van der Waals surface area contributed by atoms with E-state index in [9.17, 15) is 13.2 Å². The summed E-state index contributed by atoms with van der Waals surface area (Å²) in [7, 11) is -4.35. The number of benzene rings is 1. The number of pyridine rings is 1. The third-order valence-electron chi connectivity index (χ3n) is 5.50. The summed E-state index contributed by atoms with van der Waals surface area (Å²) in [5, 5.41) is 24.0. The summed E-state index contributed by atoms with van der Waals surface area (Å²) in [5.74, 6) is 1.54. The molecule has 2 amide bonds. The van der Waals surface area contributed by atoms with Gasteiger partial charge < -0.3 is 20.1 Å². The van der Waals surface area contributed by atoms with E-state index in [4.69, 9.17) is 14.8 Å². The van der Waals surface area contributed by atoms with Gasteiger partial charge in [0.15, 0.2) is 5.03 Å². The molecule has 1 aromatic carbocycles. The zero-order chi connectivity index (χ0) is 25.0. The molecule has 0 atom stereocenters. The minimum Gasteiger partial charge on any atom is -0.481 e. The number of hydrogen-bond acceptors (Lipinski definition) is 8. The summed E-state index contributed by atoms with van der Waals surface area (Å²) in [5.41, 5.74) is 4.10. The summed E-state index contributed by atoms with van der Waals surface area (Å²) in [4.78, 5) is 16.9. The van der Waals surface area contributed by atoms with E-state index in [0.717, 1.165) is 47.5 Å². The normalized spacial score (nSPS) is 13.0. The number of fused-ring (bicyclic) bond motifs is 1. The van der Waals surface area contributed by atoms with Crippen molar-refractivity contribution in [2.24, 2.45) is 0 Å². The van der Waals surface area contributed by atoms with Gasteiger partial charge in [-0.3, -0.25) is 4.68 Å². The van der Waals surface area contributed by atoms with E-state index in [1.165, 1.54) is 30.1 Å². The minimum absolute atomic E-state index is 0.119. The van der Waals surface area contributed by atoms with Crippen molar-refractivity contribution in [3.8, 4) is 17.0 Å². The second-order valence-electron chi connectivity index (χ2n) is 7.84. The maximum absolute atomic E-state index is 12.8. The molecule has 1 aliphatic carbocycles. The number of carbonyl (C=O) groups is 1. The SMILES string of the molecule is COc1cc(-c2ccc3c(c2NC(=O)NS(=O)(=O)c2ccn(C/C=C/B(O)O)n2)CCC3)ccn1. The van der Waals surface area contributed by atoms with Crippen molar-refractivity contribution in [3.63, 3.8) is 0 Å². The molecule has 2 heterocycles. The predicted octanol–water partition coefficient (Wildman–Crippen LogP) is 1.52. The topological polar surface area (TPSA) is 156 Å². The highest BCUT2D eigenvalue weighted by Crippen LogP contribution is 2.38. The zero-order valence-corrected chi connectivity index (χ0v) is 19.7. The number of urea groups is 1. The van der Waals surface area contributed by atoms with Crippen LogP contribution in [0.25, 0.3) is 11.1 Å². The average Bonchev–Trinajstić information content (AvgIpc) is 3.49. The molecule has 35 heavy (non-hydrogen) atoms. The second kappa shape index (κ2) is 10.3. The lowest BCUT2D eigenvalue weighted by molar-refractivity contribution is 0.256. The Hall–Kier alpha value is -3.68. The Bertz CT molecular complexity index is 1370. The number of ether oxygens (including phenoxy) is 1. The number of methoxy groups -OCH3 is 1. The fraction of sp³-hybridized carbons (Fsp3) is 0.227.